The fourth-order valence-corrected chi connectivity index (χ4v) is 3.22. The van der Waals surface area contributed by atoms with Crippen LogP contribution in [0.2, 0.25) is 0 Å². The van der Waals surface area contributed by atoms with Gasteiger partial charge in [0.15, 0.2) is 0 Å². The molecule has 0 bridgehead atoms. The maximum absolute atomic E-state index is 12.5. The van der Waals surface area contributed by atoms with Gasteiger partial charge in [-0.15, -0.1) is 0 Å². The predicted octanol–water partition coefficient (Wildman–Crippen LogP) is 0.911. The Morgan fingerprint density at radius 2 is 1.80 bits per heavy atom. The van der Waals surface area contributed by atoms with E-state index in [1.807, 2.05) is 4.90 Å². The van der Waals surface area contributed by atoms with Gasteiger partial charge in [0.25, 0.3) is 0 Å². The smallest absolute Gasteiger partial charge is 0.225 e. The van der Waals surface area contributed by atoms with Gasteiger partial charge in [-0.05, 0) is 31.1 Å². The van der Waals surface area contributed by atoms with E-state index >= 15 is 0 Å². The zero-order valence-corrected chi connectivity index (χ0v) is 12.7. The highest BCUT2D eigenvalue weighted by Crippen LogP contribution is 2.33. The van der Waals surface area contributed by atoms with E-state index in [4.69, 9.17) is 0 Å². The summed E-state index contributed by atoms with van der Waals surface area (Å²) in [7, 11) is 0. The van der Waals surface area contributed by atoms with Crippen molar-refractivity contribution in [2.45, 2.75) is 58.6 Å². The summed E-state index contributed by atoms with van der Waals surface area (Å²) in [5, 5.41) is 12.7. The molecule has 2 N–H and O–H groups in total. The molecular formula is C15H26N2O3. The number of carbonyl (C=O) groups excluding carboxylic acids is 2. The summed E-state index contributed by atoms with van der Waals surface area (Å²) >= 11 is 0. The van der Waals surface area contributed by atoms with Crippen molar-refractivity contribution in [2.75, 3.05) is 13.1 Å². The highest BCUT2D eigenvalue weighted by Gasteiger charge is 2.40. The van der Waals surface area contributed by atoms with Crippen LogP contribution in [-0.2, 0) is 9.59 Å². The number of hydrogen-bond acceptors (Lipinski definition) is 3. The minimum absolute atomic E-state index is 0.146. The molecule has 2 rings (SSSR count). The third-order valence-electron chi connectivity index (χ3n) is 4.70. The molecule has 1 saturated heterocycles. The van der Waals surface area contributed by atoms with Crippen LogP contribution in [0.4, 0.5) is 0 Å². The zero-order valence-electron chi connectivity index (χ0n) is 12.7. The summed E-state index contributed by atoms with van der Waals surface area (Å²) in [5.41, 5.74) is 0.324. The van der Waals surface area contributed by atoms with Crippen molar-refractivity contribution in [3.63, 3.8) is 0 Å². The first kappa shape index (κ1) is 15.3. The van der Waals surface area contributed by atoms with Crippen LogP contribution in [0, 0.1) is 11.3 Å². The Hall–Kier alpha value is -1.10. The largest absolute Gasteiger partial charge is 0.391 e. The summed E-state index contributed by atoms with van der Waals surface area (Å²) in [5.74, 6) is -0.155. The number of aliphatic hydroxyl groups is 1. The van der Waals surface area contributed by atoms with Crippen LogP contribution in [-0.4, -0.2) is 47.1 Å². The molecule has 1 aliphatic heterocycles. The van der Waals surface area contributed by atoms with E-state index in [1.165, 1.54) is 6.92 Å². The summed E-state index contributed by atoms with van der Waals surface area (Å²) in [6, 6.07) is -0.275. The van der Waals surface area contributed by atoms with Gasteiger partial charge in [0.2, 0.25) is 11.8 Å². The highest BCUT2D eigenvalue weighted by molar-refractivity contribution is 5.80. The molecule has 0 aromatic rings. The number of carbonyl (C=O) groups is 2. The number of hydrogen-bond donors (Lipinski definition) is 2. The second-order valence-electron chi connectivity index (χ2n) is 7.03. The summed E-state index contributed by atoms with van der Waals surface area (Å²) in [6.07, 6.45) is 2.48. The molecular weight excluding hydrogens is 256 g/mol. The van der Waals surface area contributed by atoms with Crippen molar-refractivity contribution in [3.05, 3.63) is 0 Å². The molecule has 1 aliphatic carbocycles. The lowest BCUT2D eigenvalue weighted by Crippen LogP contribution is -2.43. The van der Waals surface area contributed by atoms with E-state index in [1.54, 1.807) is 0 Å². The molecule has 2 amide bonds. The molecule has 2 fully saturated rings. The summed E-state index contributed by atoms with van der Waals surface area (Å²) in [4.78, 5) is 25.5. The molecule has 1 saturated carbocycles. The lowest BCUT2D eigenvalue weighted by Gasteiger charge is -2.38. The van der Waals surface area contributed by atoms with Crippen molar-refractivity contribution < 1.29 is 14.7 Å². The van der Waals surface area contributed by atoms with Crippen LogP contribution in [0.15, 0.2) is 0 Å². The summed E-state index contributed by atoms with van der Waals surface area (Å²) < 4.78 is 0. The van der Waals surface area contributed by atoms with E-state index in [0.717, 1.165) is 25.9 Å². The van der Waals surface area contributed by atoms with E-state index < -0.39 is 6.10 Å². The fourth-order valence-electron chi connectivity index (χ4n) is 3.22. The molecule has 3 atom stereocenters. The first-order chi connectivity index (χ1) is 9.28. The Labute approximate surface area is 120 Å². The minimum Gasteiger partial charge on any atom is -0.391 e. The molecule has 0 radical (unpaired) electrons. The molecule has 0 aromatic carbocycles. The molecule has 1 heterocycles. The fraction of sp³-hybridized carbons (Fsp3) is 0.867. The number of likely N-dealkylation sites (tertiary alicyclic amines) is 1. The Balaban J connectivity index is 1.89. The lowest BCUT2D eigenvalue weighted by molar-refractivity contribution is -0.137. The van der Waals surface area contributed by atoms with E-state index in [2.05, 4.69) is 19.2 Å². The van der Waals surface area contributed by atoms with Gasteiger partial charge >= 0.3 is 0 Å². The second kappa shape index (κ2) is 5.72. The molecule has 0 spiro atoms. The predicted molar refractivity (Wildman–Crippen MR) is 75.9 cm³/mol. The van der Waals surface area contributed by atoms with Crippen LogP contribution >= 0.6 is 0 Å². The van der Waals surface area contributed by atoms with Crippen LogP contribution in [0.25, 0.3) is 0 Å². The van der Waals surface area contributed by atoms with Gasteiger partial charge in [0.05, 0.1) is 12.1 Å². The third kappa shape index (κ3) is 3.51. The number of nitrogens with one attached hydrogen (secondary N) is 1. The maximum atomic E-state index is 12.5. The molecule has 114 valence electrons. The molecule has 5 nitrogen and oxygen atoms in total. The number of rotatable bonds is 2. The highest BCUT2D eigenvalue weighted by atomic mass is 16.3. The average Bonchev–Trinajstić information content (AvgIpc) is 2.69. The average molecular weight is 282 g/mol. The van der Waals surface area contributed by atoms with Crippen LogP contribution in [0.3, 0.4) is 0 Å². The van der Waals surface area contributed by atoms with E-state index in [0.29, 0.717) is 18.3 Å². The standard InChI is InChI=1S/C15H26N2O3/c1-10(18)16-12-8-11(9-13(12)19)14(20)17-6-4-15(2,3)5-7-17/h11-13,19H,4-9H2,1-3H3,(H,16,18)/t11-,12+,13+/m0/s1. The van der Waals surface area contributed by atoms with E-state index in [9.17, 15) is 14.7 Å². The number of aliphatic hydroxyl groups excluding tert-OH is 1. The SMILES string of the molecule is CC(=O)N[C@@H]1C[C@H](C(=O)N2CCC(C)(C)CC2)C[C@H]1O. The van der Waals surface area contributed by atoms with Crippen LogP contribution < -0.4 is 5.32 Å². The topological polar surface area (TPSA) is 69.6 Å². The second-order valence-corrected chi connectivity index (χ2v) is 7.03. The molecule has 20 heavy (non-hydrogen) atoms. The van der Waals surface area contributed by atoms with Crippen molar-refractivity contribution in [1.29, 1.82) is 0 Å². The van der Waals surface area contributed by atoms with Gasteiger partial charge in [-0.2, -0.15) is 0 Å². The van der Waals surface area contributed by atoms with Crippen LogP contribution in [0.5, 0.6) is 0 Å². The number of amides is 2. The molecule has 0 aromatic heterocycles. The zero-order chi connectivity index (χ0) is 14.9. The van der Waals surface area contributed by atoms with E-state index in [-0.39, 0.29) is 23.8 Å². The van der Waals surface area contributed by atoms with Gasteiger partial charge in [0, 0.05) is 25.9 Å². The quantitative estimate of drug-likeness (QED) is 0.791. The van der Waals surface area contributed by atoms with Gasteiger partial charge in [0.1, 0.15) is 0 Å². The van der Waals surface area contributed by atoms with Gasteiger partial charge in [-0.3, -0.25) is 9.59 Å². The van der Waals surface area contributed by atoms with Crippen molar-refractivity contribution >= 4 is 11.8 Å². The first-order valence-corrected chi connectivity index (χ1v) is 7.52. The normalized spacial score (nSPS) is 33.0. The maximum Gasteiger partial charge on any atom is 0.225 e. The first-order valence-electron chi connectivity index (χ1n) is 7.52. The third-order valence-corrected chi connectivity index (χ3v) is 4.70. The van der Waals surface area contributed by atoms with Gasteiger partial charge in [-0.1, -0.05) is 13.8 Å². The minimum atomic E-state index is -0.603. The molecule has 2 aliphatic rings. The number of nitrogens with zero attached hydrogens (tertiary/aromatic N) is 1. The molecule has 0 unspecified atom stereocenters. The monoisotopic (exact) mass is 282 g/mol. The Kier molecular flexibility index (Phi) is 4.37. The van der Waals surface area contributed by atoms with Crippen molar-refractivity contribution in [1.82, 2.24) is 10.2 Å². The molecule has 5 heteroatoms. The van der Waals surface area contributed by atoms with Crippen molar-refractivity contribution in [3.8, 4) is 0 Å². The van der Waals surface area contributed by atoms with Gasteiger partial charge in [-0.25, -0.2) is 0 Å². The Bertz CT molecular complexity index is 385. The Morgan fingerprint density at radius 3 is 2.35 bits per heavy atom. The number of piperidine rings is 1. The van der Waals surface area contributed by atoms with Crippen LogP contribution in [0.1, 0.15) is 46.5 Å². The summed E-state index contributed by atoms with van der Waals surface area (Å²) in [6.45, 7) is 7.53. The van der Waals surface area contributed by atoms with Crippen molar-refractivity contribution in [2.24, 2.45) is 11.3 Å². The van der Waals surface area contributed by atoms with Gasteiger partial charge < -0.3 is 15.3 Å². The Morgan fingerprint density at radius 1 is 1.20 bits per heavy atom. The lowest BCUT2D eigenvalue weighted by atomic mass is 9.82.